The van der Waals surface area contributed by atoms with E-state index < -0.39 is 4.92 Å². The Morgan fingerprint density at radius 3 is 2.49 bits per heavy atom. The molecule has 0 aliphatic carbocycles. The number of carbonyl (C=O) groups is 1. The fourth-order valence-electron chi connectivity index (χ4n) is 3.40. The lowest BCUT2D eigenvalue weighted by Crippen LogP contribution is -2.15. The number of nitrogens with zero attached hydrogens (tertiary/aromatic N) is 4. The Morgan fingerprint density at radius 2 is 1.77 bits per heavy atom. The highest BCUT2D eigenvalue weighted by Gasteiger charge is 2.17. The molecule has 0 saturated heterocycles. The highest BCUT2D eigenvalue weighted by atomic mass is 32.2. The summed E-state index contributed by atoms with van der Waals surface area (Å²) in [5, 5.41) is 26.5. The molecule has 0 saturated carbocycles. The van der Waals surface area contributed by atoms with Crippen LogP contribution < -0.4 is 10.6 Å². The summed E-state index contributed by atoms with van der Waals surface area (Å²) < 4.78 is 1.88. The molecule has 1 heterocycles. The molecule has 178 valence electrons. The molecule has 1 amide bonds. The van der Waals surface area contributed by atoms with Crippen molar-refractivity contribution in [2.24, 2.45) is 0 Å². The zero-order valence-corrected chi connectivity index (χ0v) is 20.1. The van der Waals surface area contributed by atoms with Gasteiger partial charge in [0.2, 0.25) is 5.91 Å². The Hall–Kier alpha value is -4.18. The first-order chi connectivity index (χ1) is 16.9. The highest BCUT2D eigenvalue weighted by molar-refractivity contribution is 7.99. The van der Waals surface area contributed by atoms with Gasteiger partial charge in [-0.25, -0.2) is 0 Å². The molecule has 0 spiro atoms. The van der Waals surface area contributed by atoms with Crippen LogP contribution >= 0.6 is 11.8 Å². The second-order valence-corrected chi connectivity index (χ2v) is 8.83. The average molecular weight is 489 g/mol. The molecule has 2 N–H and O–H groups in total. The first-order valence-corrected chi connectivity index (χ1v) is 11.9. The number of hydrogen-bond donors (Lipinski definition) is 2. The zero-order valence-electron chi connectivity index (χ0n) is 19.3. The van der Waals surface area contributed by atoms with Gasteiger partial charge in [-0.1, -0.05) is 53.7 Å². The first kappa shape index (κ1) is 24.0. The number of thioether (sulfide) groups is 1. The molecule has 4 aromatic rings. The third kappa shape index (κ3) is 6.04. The minimum Gasteiger partial charge on any atom is -0.377 e. The fourth-order valence-corrected chi connectivity index (χ4v) is 4.17. The summed E-state index contributed by atoms with van der Waals surface area (Å²) in [6.07, 6.45) is 0. The van der Waals surface area contributed by atoms with Crippen molar-refractivity contribution in [1.82, 2.24) is 14.8 Å². The first-order valence-electron chi connectivity index (χ1n) is 10.9. The molecule has 10 heteroatoms. The summed E-state index contributed by atoms with van der Waals surface area (Å²) in [6.45, 7) is 4.16. The number of para-hydroxylation sites is 1. The molecule has 0 radical (unpaired) electrons. The minimum absolute atomic E-state index is 0.0125. The van der Waals surface area contributed by atoms with E-state index in [1.54, 1.807) is 6.07 Å². The van der Waals surface area contributed by atoms with Crippen molar-refractivity contribution in [2.45, 2.75) is 25.5 Å². The Kier molecular flexibility index (Phi) is 7.41. The summed E-state index contributed by atoms with van der Waals surface area (Å²) in [5.41, 5.74) is 4.25. The van der Waals surface area contributed by atoms with Gasteiger partial charge < -0.3 is 10.6 Å². The van der Waals surface area contributed by atoms with Crippen LogP contribution in [0.2, 0.25) is 0 Å². The van der Waals surface area contributed by atoms with Crippen molar-refractivity contribution in [3.63, 3.8) is 0 Å². The molecule has 0 unspecified atom stereocenters. The van der Waals surface area contributed by atoms with Crippen LogP contribution in [0.15, 0.2) is 78.0 Å². The van der Waals surface area contributed by atoms with Crippen LogP contribution in [0.3, 0.4) is 0 Å². The van der Waals surface area contributed by atoms with Crippen molar-refractivity contribution in [2.75, 3.05) is 16.4 Å². The van der Waals surface area contributed by atoms with E-state index in [0.717, 1.165) is 22.5 Å². The number of aromatic nitrogens is 3. The summed E-state index contributed by atoms with van der Waals surface area (Å²) in [7, 11) is 0. The van der Waals surface area contributed by atoms with Gasteiger partial charge in [0.15, 0.2) is 11.0 Å². The van der Waals surface area contributed by atoms with E-state index in [4.69, 9.17) is 0 Å². The van der Waals surface area contributed by atoms with Gasteiger partial charge in [0.25, 0.3) is 5.69 Å². The summed E-state index contributed by atoms with van der Waals surface area (Å²) in [5.74, 6) is 0.632. The maximum absolute atomic E-state index is 12.5. The van der Waals surface area contributed by atoms with E-state index in [9.17, 15) is 14.9 Å². The number of aryl methyl sites for hydroxylation is 2. The van der Waals surface area contributed by atoms with Crippen LogP contribution in [0, 0.1) is 24.0 Å². The van der Waals surface area contributed by atoms with Gasteiger partial charge in [-0.2, -0.15) is 0 Å². The molecule has 3 aromatic carbocycles. The number of amides is 1. The molecule has 0 aliphatic rings. The summed E-state index contributed by atoms with van der Waals surface area (Å²) in [6, 6.07) is 21.9. The van der Waals surface area contributed by atoms with Gasteiger partial charge in [0.1, 0.15) is 0 Å². The number of nitrogens with one attached hydrogen (secondary N) is 2. The smallest absolute Gasteiger partial charge is 0.271 e. The summed E-state index contributed by atoms with van der Waals surface area (Å²) in [4.78, 5) is 23.2. The predicted octanol–water partition coefficient (Wildman–Crippen LogP) is 5.14. The number of nitro groups is 1. The number of carbonyl (C=O) groups excluding carboxylic acids is 1. The van der Waals surface area contributed by atoms with Gasteiger partial charge in [-0.05, 0) is 43.7 Å². The molecular formula is C25H24N6O3S. The summed E-state index contributed by atoms with van der Waals surface area (Å²) >= 11 is 1.28. The lowest BCUT2D eigenvalue weighted by Gasteiger charge is -2.12. The van der Waals surface area contributed by atoms with E-state index in [0.29, 0.717) is 23.2 Å². The van der Waals surface area contributed by atoms with Crippen molar-refractivity contribution in [3.8, 4) is 5.69 Å². The average Bonchev–Trinajstić information content (AvgIpc) is 3.27. The normalized spacial score (nSPS) is 10.7. The van der Waals surface area contributed by atoms with Gasteiger partial charge in [0.05, 0.1) is 17.2 Å². The maximum atomic E-state index is 12.5. The largest absolute Gasteiger partial charge is 0.377 e. The Labute approximate surface area is 206 Å². The minimum atomic E-state index is -0.423. The van der Waals surface area contributed by atoms with E-state index in [1.165, 1.54) is 23.9 Å². The molecule has 0 bridgehead atoms. The van der Waals surface area contributed by atoms with Crippen molar-refractivity contribution in [3.05, 3.63) is 99.9 Å². The van der Waals surface area contributed by atoms with Crippen molar-refractivity contribution in [1.29, 1.82) is 0 Å². The van der Waals surface area contributed by atoms with Crippen LogP contribution in [0.25, 0.3) is 5.69 Å². The number of benzene rings is 3. The van der Waals surface area contributed by atoms with E-state index in [-0.39, 0.29) is 17.3 Å². The Bertz CT molecular complexity index is 1340. The van der Waals surface area contributed by atoms with Crippen molar-refractivity contribution >= 4 is 34.7 Å². The van der Waals surface area contributed by atoms with Crippen LogP contribution in [0.5, 0.6) is 0 Å². The molecule has 1 aromatic heterocycles. The SMILES string of the molecule is Cc1ccc(NC(=O)CSc2nnc(CNc3cc([N+](=O)[O-])ccc3C)n2-c2ccccc2)cc1. The number of non-ortho nitro benzene ring substituents is 1. The van der Waals surface area contributed by atoms with E-state index in [2.05, 4.69) is 20.8 Å². The predicted molar refractivity (Wildman–Crippen MR) is 137 cm³/mol. The number of anilines is 2. The van der Waals surface area contributed by atoms with Gasteiger partial charge in [-0.15, -0.1) is 10.2 Å². The zero-order chi connectivity index (χ0) is 24.8. The number of nitro benzene ring substituents is 1. The second-order valence-electron chi connectivity index (χ2n) is 7.88. The Morgan fingerprint density at radius 1 is 1.03 bits per heavy atom. The van der Waals surface area contributed by atoms with Gasteiger partial charge in [0, 0.05) is 29.2 Å². The van der Waals surface area contributed by atoms with Crippen LogP contribution in [-0.2, 0) is 11.3 Å². The third-order valence-corrected chi connectivity index (χ3v) is 6.18. The molecule has 9 nitrogen and oxygen atoms in total. The highest BCUT2D eigenvalue weighted by Crippen LogP contribution is 2.25. The Balaban J connectivity index is 1.51. The molecule has 0 aliphatic heterocycles. The van der Waals surface area contributed by atoms with Gasteiger partial charge >= 0.3 is 0 Å². The van der Waals surface area contributed by atoms with E-state index >= 15 is 0 Å². The third-order valence-electron chi connectivity index (χ3n) is 5.25. The molecule has 4 rings (SSSR count). The molecule has 35 heavy (non-hydrogen) atoms. The number of rotatable bonds is 9. The molecule has 0 atom stereocenters. The monoisotopic (exact) mass is 488 g/mol. The standard InChI is InChI=1S/C25H24N6O3S/c1-17-8-11-19(12-9-17)27-24(32)16-35-25-29-28-23(30(25)20-6-4-3-5-7-20)15-26-22-14-21(31(33)34)13-10-18(22)2/h3-14,26H,15-16H2,1-2H3,(H,27,32). The van der Waals surface area contributed by atoms with E-state index in [1.807, 2.05) is 73.0 Å². The lowest BCUT2D eigenvalue weighted by atomic mass is 10.2. The van der Waals surface area contributed by atoms with Gasteiger partial charge in [-0.3, -0.25) is 19.5 Å². The quantitative estimate of drug-likeness (QED) is 0.190. The topological polar surface area (TPSA) is 115 Å². The van der Waals surface area contributed by atoms with Crippen LogP contribution in [0.4, 0.5) is 17.1 Å². The van der Waals surface area contributed by atoms with Crippen LogP contribution in [0.1, 0.15) is 17.0 Å². The maximum Gasteiger partial charge on any atom is 0.271 e. The van der Waals surface area contributed by atoms with Crippen molar-refractivity contribution < 1.29 is 9.72 Å². The second kappa shape index (κ2) is 10.8. The van der Waals surface area contributed by atoms with Crippen LogP contribution in [-0.4, -0.2) is 31.3 Å². The number of hydrogen-bond acceptors (Lipinski definition) is 7. The fraction of sp³-hybridized carbons (Fsp3) is 0.160. The molecular weight excluding hydrogens is 464 g/mol. The lowest BCUT2D eigenvalue weighted by molar-refractivity contribution is -0.384. The molecule has 0 fully saturated rings.